The highest BCUT2D eigenvalue weighted by Crippen LogP contribution is 2.15. The number of hydrogen-bond acceptors (Lipinski definition) is 2. The van der Waals surface area contributed by atoms with E-state index in [4.69, 9.17) is 16.7 Å². The number of carboxylic acids is 1. The van der Waals surface area contributed by atoms with E-state index in [1.807, 2.05) is 18.2 Å². The Kier molecular flexibility index (Phi) is 5.42. The number of carbonyl (C=O) groups is 1. The summed E-state index contributed by atoms with van der Waals surface area (Å²) in [6, 6.07) is 11.8. The third-order valence-corrected chi connectivity index (χ3v) is 3.52. The fraction of sp³-hybridized carbons (Fsp3) is 0.312. The normalized spacial score (nSPS) is 11.0. The third-order valence-electron chi connectivity index (χ3n) is 3.32. The molecule has 4 nitrogen and oxygen atoms in total. The minimum absolute atomic E-state index is 0.241. The molecule has 1 heterocycles. The summed E-state index contributed by atoms with van der Waals surface area (Å²) in [5.41, 5.74) is 1.51. The van der Waals surface area contributed by atoms with E-state index in [2.05, 4.69) is 24.1 Å². The van der Waals surface area contributed by atoms with Crippen molar-refractivity contribution in [2.45, 2.75) is 19.5 Å². The van der Waals surface area contributed by atoms with Gasteiger partial charge in [0.15, 0.2) is 0 Å². The summed E-state index contributed by atoms with van der Waals surface area (Å²) in [6.07, 6.45) is 2.54. The second kappa shape index (κ2) is 7.29. The van der Waals surface area contributed by atoms with Crippen molar-refractivity contribution in [1.29, 1.82) is 0 Å². The summed E-state index contributed by atoms with van der Waals surface area (Å²) in [4.78, 5) is 13.3. The van der Waals surface area contributed by atoms with E-state index < -0.39 is 5.97 Å². The van der Waals surface area contributed by atoms with Crippen molar-refractivity contribution in [3.63, 3.8) is 0 Å². The average Bonchev–Trinajstić information content (AvgIpc) is 2.81. The second-order valence-corrected chi connectivity index (χ2v) is 5.56. The number of rotatable bonds is 7. The van der Waals surface area contributed by atoms with Gasteiger partial charge in [0.05, 0.1) is 5.02 Å². The summed E-state index contributed by atoms with van der Waals surface area (Å²) in [5, 5.41) is 9.56. The van der Waals surface area contributed by atoms with E-state index in [1.165, 1.54) is 11.6 Å². The molecular formula is C16H19ClN2O2. The van der Waals surface area contributed by atoms with E-state index in [0.717, 1.165) is 19.5 Å². The number of aromatic carboxylic acids is 1. The van der Waals surface area contributed by atoms with Gasteiger partial charge in [-0.05, 0) is 31.6 Å². The van der Waals surface area contributed by atoms with Gasteiger partial charge in [0.1, 0.15) is 5.69 Å². The Hall–Kier alpha value is -1.78. The van der Waals surface area contributed by atoms with Gasteiger partial charge in [-0.1, -0.05) is 41.9 Å². The zero-order chi connectivity index (χ0) is 15.2. The SMILES string of the molecule is CN(CCCn1cc(Cl)cc1C(=O)O)Cc1ccccc1. The monoisotopic (exact) mass is 306 g/mol. The zero-order valence-electron chi connectivity index (χ0n) is 12.0. The van der Waals surface area contributed by atoms with Crippen LogP contribution in [0.2, 0.25) is 5.02 Å². The molecule has 112 valence electrons. The maximum atomic E-state index is 11.1. The molecule has 0 aliphatic rings. The standard InChI is InChI=1S/C16H19ClN2O2/c1-18(11-13-6-3-2-4-7-13)8-5-9-19-12-14(17)10-15(19)16(20)21/h2-4,6-7,10,12H,5,8-9,11H2,1H3,(H,20,21). The molecule has 0 bridgehead atoms. The number of nitrogens with zero attached hydrogens (tertiary/aromatic N) is 2. The number of benzene rings is 1. The molecule has 5 heteroatoms. The quantitative estimate of drug-likeness (QED) is 0.853. The van der Waals surface area contributed by atoms with Crippen LogP contribution in [0.1, 0.15) is 22.5 Å². The lowest BCUT2D eigenvalue weighted by atomic mass is 10.2. The van der Waals surface area contributed by atoms with Crippen LogP contribution in [0.5, 0.6) is 0 Å². The molecule has 0 radical (unpaired) electrons. The first-order chi connectivity index (χ1) is 10.1. The van der Waals surface area contributed by atoms with Crippen LogP contribution in [0.3, 0.4) is 0 Å². The molecule has 1 aromatic carbocycles. The average molecular weight is 307 g/mol. The topological polar surface area (TPSA) is 45.5 Å². The molecule has 0 unspecified atom stereocenters. The van der Waals surface area contributed by atoms with Crippen LogP contribution < -0.4 is 0 Å². The van der Waals surface area contributed by atoms with Crippen LogP contribution in [-0.4, -0.2) is 34.1 Å². The molecule has 0 aliphatic carbocycles. The molecule has 0 amide bonds. The van der Waals surface area contributed by atoms with Crippen molar-refractivity contribution in [2.24, 2.45) is 0 Å². The Morgan fingerprint density at radius 2 is 2.05 bits per heavy atom. The summed E-state index contributed by atoms with van der Waals surface area (Å²) < 4.78 is 1.70. The van der Waals surface area contributed by atoms with Crippen LogP contribution in [0.4, 0.5) is 0 Å². The summed E-state index contributed by atoms with van der Waals surface area (Å²) in [6.45, 7) is 2.43. The summed E-state index contributed by atoms with van der Waals surface area (Å²) >= 11 is 5.86. The molecule has 0 spiro atoms. The maximum Gasteiger partial charge on any atom is 0.352 e. The number of aryl methyl sites for hydroxylation is 1. The Balaban J connectivity index is 1.83. The molecule has 2 rings (SSSR count). The maximum absolute atomic E-state index is 11.1. The van der Waals surface area contributed by atoms with Crippen molar-refractivity contribution >= 4 is 17.6 Å². The molecule has 0 saturated carbocycles. The fourth-order valence-corrected chi connectivity index (χ4v) is 2.55. The molecule has 0 aliphatic heterocycles. The molecule has 21 heavy (non-hydrogen) atoms. The molecular weight excluding hydrogens is 288 g/mol. The minimum atomic E-state index is -0.945. The summed E-state index contributed by atoms with van der Waals surface area (Å²) in [7, 11) is 2.06. The fourth-order valence-electron chi connectivity index (χ4n) is 2.32. The first-order valence-corrected chi connectivity index (χ1v) is 7.25. The van der Waals surface area contributed by atoms with Crippen molar-refractivity contribution in [3.8, 4) is 0 Å². The number of carboxylic acid groups (broad SMARTS) is 1. The molecule has 0 fully saturated rings. The third kappa shape index (κ3) is 4.62. The van der Waals surface area contributed by atoms with E-state index in [9.17, 15) is 4.79 Å². The second-order valence-electron chi connectivity index (χ2n) is 5.12. The van der Waals surface area contributed by atoms with Gasteiger partial charge in [-0.3, -0.25) is 0 Å². The first kappa shape index (κ1) is 15.6. The Morgan fingerprint density at radius 1 is 1.33 bits per heavy atom. The number of aromatic nitrogens is 1. The predicted molar refractivity (Wildman–Crippen MR) is 83.8 cm³/mol. The van der Waals surface area contributed by atoms with Crippen LogP contribution in [0.25, 0.3) is 0 Å². The zero-order valence-corrected chi connectivity index (χ0v) is 12.8. The lowest BCUT2D eigenvalue weighted by Crippen LogP contribution is -2.20. The van der Waals surface area contributed by atoms with E-state index in [1.54, 1.807) is 10.8 Å². The molecule has 1 N–H and O–H groups in total. The number of halogens is 1. The van der Waals surface area contributed by atoms with Gasteiger partial charge in [0.2, 0.25) is 0 Å². The Morgan fingerprint density at radius 3 is 2.71 bits per heavy atom. The van der Waals surface area contributed by atoms with Gasteiger partial charge < -0.3 is 14.6 Å². The van der Waals surface area contributed by atoms with Crippen molar-refractivity contribution in [3.05, 3.63) is 58.9 Å². The lowest BCUT2D eigenvalue weighted by Gasteiger charge is -2.17. The van der Waals surface area contributed by atoms with Crippen molar-refractivity contribution < 1.29 is 9.90 Å². The van der Waals surface area contributed by atoms with Crippen LogP contribution in [-0.2, 0) is 13.1 Å². The van der Waals surface area contributed by atoms with Gasteiger partial charge in [-0.25, -0.2) is 4.79 Å². The van der Waals surface area contributed by atoms with Gasteiger partial charge in [0.25, 0.3) is 0 Å². The molecule has 0 atom stereocenters. The Bertz CT molecular complexity index is 596. The van der Waals surface area contributed by atoms with Crippen LogP contribution >= 0.6 is 11.6 Å². The summed E-state index contributed by atoms with van der Waals surface area (Å²) in [5.74, 6) is -0.945. The van der Waals surface area contributed by atoms with Gasteiger partial charge >= 0.3 is 5.97 Å². The first-order valence-electron chi connectivity index (χ1n) is 6.87. The highest BCUT2D eigenvalue weighted by molar-refractivity contribution is 6.30. The van der Waals surface area contributed by atoms with E-state index in [0.29, 0.717) is 11.6 Å². The highest BCUT2D eigenvalue weighted by atomic mass is 35.5. The van der Waals surface area contributed by atoms with Crippen LogP contribution in [0.15, 0.2) is 42.6 Å². The largest absolute Gasteiger partial charge is 0.477 e. The van der Waals surface area contributed by atoms with E-state index >= 15 is 0 Å². The molecule has 1 aromatic heterocycles. The minimum Gasteiger partial charge on any atom is -0.477 e. The van der Waals surface area contributed by atoms with Crippen molar-refractivity contribution in [2.75, 3.05) is 13.6 Å². The van der Waals surface area contributed by atoms with E-state index in [-0.39, 0.29) is 5.69 Å². The van der Waals surface area contributed by atoms with Crippen molar-refractivity contribution in [1.82, 2.24) is 9.47 Å². The van der Waals surface area contributed by atoms with Gasteiger partial charge in [-0.15, -0.1) is 0 Å². The predicted octanol–water partition coefficient (Wildman–Crippen LogP) is 3.36. The lowest BCUT2D eigenvalue weighted by molar-refractivity contribution is 0.0684. The number of hydrogen-bond donors (Lipinski definition) is 1. The Labute approximate surface area is 129 Å². The van der Waals surface area contributed by atoms with Gasteiger partial charge in [-0.2, -0.15) is 0 Å². The van der Waals surface area contributed by atoms with Crippen LogP contribution in [0, 0.1) is 0 Å². The molecule has 0 saturated heterocycles. The highest BCUT2D eigenvalue weighted by Gasteiger charge is 2.11. The van der Waals surface area contributed by atoms with Gasteiger partial charge in [0, 0.05) is 19.3 Å². The molecule has 2 aromatic rings. The smallest absolute Gasteiger partial charge is 0.352 e.